The van der Waals surface area contributed by atoms with Gasteiger partial charge in [0.15, 0.2) is 0 Å². The molecule has 0 aliphatic rings. The third-order valence-corrected chi connectivity index (χ3v) is 0.324. The number of hydrogen-bond acceptors (Lipinski definition) is 7. The second kappa shape index (κ2) is 3.89. The second-order valence-corrected chi connectivity index (χ2v) is 0.755. The Kier molecular flexibility index (Phi) is 3.74. The summed E-state index contributed by atoms with van der Waals surface area (Å²) in [5.74, 6) is 14.4. The van der Waals surface area contributed by atoms with Crippen LogP contribution in [-0.4, -0.2) is 5.23 Å². The molecule has 0 amide bonds. The standard InChI is InChI=1S/H9N7/c1-4-6-7(3)5-2/h4-6H,1-3H2. The van der Waals surface area contributed by atoms with Crippen LogP contribution in [0.1, 0.15) is 0 Å². The normalized spacial score (nSPS) is 10.3. The lowest BCUT2D eigenvalue weighted by Crippen LogP contribution is -2.61. The van der Waals surface area contributed by atoms with Crippen molar-refractivity contribution in [3.63, 3.8) is 0 Å². The molecule has 0 aliphatic heterocycles. The molecule has 0 radical (unpaired) electrons. The van der Waals surface area contributed by atoms with Gasteiger partial charge in [-0.2, -0.15) is 11.1 Å². The van der Waals surface area contributed by atoms with Crippen LogP contribution in [0.5, 0.6) is 0 Å². The molecule has 0 atom stereocenters. The fraction of sp³-hybridized carbons (Fsp3) is 0. The van der Waals surface area contributed by atoms with Gasteiger partial charge in [0, 0.05) is 0 Å². The predicted molar refractivity (Wildman–Crippen MR) is 23.8 cm³/mol. The van der Waals surface area contributed by atoms with Crippen molar-refractivity contribution in [3.05, 3.63) is 0 Å². The van der Waals surface area contributed by atoms with Crippen LogP contribution in [0.2, 0.25) is 0 Å². The number of hydrogen-bond donors (Lipinski definition) is 6. The lowest BCUT2D eigenvalue weighted by Gasteiger charge is -2.12. The van der Waals surface area contributed by atoms with Gasteiger partial charge in [-0.15, -0.1) is 5.53 Å². The van der Waals surface area contributed by atoms with E-state index >= 15 is 0 Å². The van der Waals surface area contributed by atoms with Crippen LogP contribution in [0.4, 0.5) is 0 Å². The Balaban J connectivity index is 2.83. The summed E-state index contributed by atoms with van der Waals surface area (Å²) in [5, 5.41) is 0.847. The van der Waals surface area contributed by atoms with E-state index in [1.165, 1.54) is 0 Å². The average molecular weight is 107 g/mol. The topological polar surface area (TPSA) is 117 Å². The van der Waals surface area contributed by atoms with E-state index in [4.69, 9.17) is 17.5 Å². The molecular weight excluding hydrogens is 98.0 g/mol. The number of rotatable bonds is 3. The minimum atomic E-state index is 0.847. The summed E-state index contributed by atoms with van der Waals surface area (Å²) in [4.78, 5) is 0. The lowest BCUT2D eigenvalue weighted by molar-refractivity contribution is 0.0869. The van der Waals surface area contributed by atoms with Crippen molar-refractivity contribution in [3.8, 4) is 0 Å². The number of nitrogens with one attached hydrogen (secondary N) is 3. The molecule has 0 aliphatic carbocycles. The summed E-state index contributed by atoms with van der Waals surface area (Å²) in [6.07, 6.45) is 0. The molecule has 44 valence electrons. The highest BCUT2D eigenvalue weighted by Gasteiger charge is 1.83. The molecule has 0 aromatic heterocycles. The molecule has 0 unspecified atom stereocenters. The largest absolute Gasteiger partial charge is 0.257 e. The van der Waals surface area contributed by atoms with E-state index < -0.39 is 0 Å². The molecule has 7 nitrogen and oxygen atoms in total. The van der Waals surface area contributed by atoms with Crippen LogP contribution >= 0.6 is 0 Å². The van der Waals surface area contributed by atoms with Crippen LogP contribution in [0, 0.1) is 0 Å². The predicted octanol–water partition coefficient (Wildman–Crippen LogP) is -3.58. The second-order valence-electron chi connectivity index (χ2n) is 0.755. The number of nitrogens with two attached hydrogens (primary N) is 3. The maximum absolute atomic E-state index is 4.93. The SMILES string of the molecule is NNNN(N)NN. The van der Waals surface area contributed by atoms with Crippen molar-refractivity contribution in [2.45, 2.75) is 0 Å². The monoisotopic (exact) mass is 107 g/mol. The Morgan fingerprint density at radius 3 is 2.00 bits per heavy atom. The lowest BCUT2D eigenvalue weighted by atomic mass is 12.0. The fourth-order valence-electron chi connectivity index (χ4n) is 0.102. The van der Waals surface area contributed by atoms with Crippen LogP contribution in [0.3, 0.4) is 0 Å². The fourth-order valence-corrected chi connectivity index (χ4v) is 0.102. The van der Waals surface area contributed by atoms with E-state index in [1.54, 1.807) is 0 Å². The van der Waals surface area contributed by atoms with Crippen molar-refractivity contribution in [2.24, 2.45) is 17.5 Å². The minimum absolute atomic E-state index is 0.847. The van der Waals surface area contributed by atoms with Crippen LogP contribution in [0.15, 0.2) is 0 Å². The van der Waals surface area contributed by atoms with Gasteiger partial charge < -0.3 is 0 Å². The molecule has 0 spiro atoms. The first-order valence-corrected chi connectivity index (χ1v) is 1.53. The molecule has 0 bridgehead atoms. The van der Waals surface area contributed by atoms with Gasteiger partial charge in [-0.25, -0.2) is 5.84 Å². The Bertz CT molecular complexity index is 31.0. The van der Waals surface area contributed by atoms with Gasteiger partial charge in [0.1, 0.15) is 0 Å². The number of hydrazine groups is 6. The highest BCUT2D eigenvalue weighted by molar-refractivity contribution is 4.05. The third-order valence-electron chi connectivity index (χ3n) is 0.324. The van der Waals surface area contributed by atoms with Gasteiger partial charge in [0.05, 0.1) is 0 Å². The molecule has 0 aromatic carbocycles. The quantitative estimate of drug-likeness (QED) is 0.163. The Morgan fingerprint density at radius 1 is 1.29 bits per heavy atom. The number of nitrogens with zero attached hydrogens (tertiary/aromatic N) is 1. The average Bonchev–Trinajstić information content (AvgIpc) is 1.68. The zero-order chi connectivity index (χ0) is 5.70. The summed E-state index contributed by atoms with van der Waals surface area (Å²) in [6.45, 7) is 0. The molecule has 9 N–H and O–H groups in total. The van der Waals surface area contributed by atoms with Crippen LogP contribution in [0.25, 0.3) is 0 Å². The van der Waals surface area contributed by atoms with Gasteiger partial charge in [-0.1, -0.05) is 5.23 Å². The van der Waals surface area contributed by atoms with E-state index in [0.29, 0.717) is 0 Å². The smallest absolute Gasteiger partial charge is 0.0854 e. The Hall–Kier alpha value is -0.280. The molecule has 0 saturated heterocycles. The van der Waals surface area contributed by atoms with E-state index in [9.17, 15) is 0 Å². The van der Waals surface area contributed by atoms with Crippen molar-refractivity contribution in [1.29, 1.82) is 0 Å². The van der Waals surface area contributed by atoms with Crippen molar-refractivity contribution in [2.75, 3.05) is 0 Å². The Labute approximate surface area is 40.6 Å². The summed E-state index contributed by atoms with van der Waals surface area (Å²) in [7, 11) is 0. The molecule has 0 heterocycles. The minimum Gasteiger partial charge on any atom is -0.257 e. The van der Waals surface area contributed by atoms with Crippen molar-refractivity contribution in [1.82, 2.24) is 21.8 Å². The molecule has 0 rings (SSSR count). The van der Waals surface area contributed by atoms with Crippen molar-refractivity contribution < 1.29 is 0 Å². The van der Waals surface area contributed by atoms with Gasteiger partial charge in [-0.05, 0) is 0 Å². The molecule has 7 heavy (non-hydrogen) atoms. The highest BCUT2D eigenvalue weighted by atomic mass is 16.0. The zero-order valence-corrected chi connectivity index (χ0v) is 3.68. The highest BCUT2D eigenvalue weighted by Crippen LogP contribution is 1.38. The summed E-state index contributed by atoms with van der Waals surface area (Å²) in [5.41, 5.74) is 6.25. The molecule has 0 saturated carbocycles. The van der Waals surface area contributed by atoms with Crippen LogP contribution < -0.4 is 34.1 Å². The Morgan fingerprint density at radius 2 is 1.86 bits per heavy atom. The summed E-state index contributed by atoms with van der Waals surface area (Å²) in [6, 6.07) is 0. The van der Waals surface area contributed by atoms with E-state index in [1.807, 2.05) is 11.1 Å². The van der Waals surface area contributed by atoms with E-state index in [-0.39, 0.29) is 0 Å². The molecule has 0 fully saturated rings. The van der Waals surface area contributed by atoms with E-state index in [2.05, 4.69) is 5.53 Å². The summed E-state index contributed by atoms with van der Waals surface area (Å²) >= 11 is 0. The van der Waals surface area contributed by atoms with Gasteiger partial charge >= 0.3 is 0 Å². The van der Waals surface area contributed by atoms with E-state index in [0.717, 1.165) is 5.23 Å². The molecular formula is H9N7. The molecule has 7 heteroatoms. The maximum atomic E-state index is 4.93. The van der Waals surface area contributed by atoms with Gasteiger partial charge in [0.25, 0.3) is 0 Å². The van der Waals surface area contributed by atoms with Crippen LogP contribution in [-0.2, 0) is 0 Å². The van der Waals surface area contributed by atoms with Crippen molar-refractivity contribution >= 4 is 0 Å². The molecule has 0 aromatic rings. The first kappa shape index (κ1) is 6.72. The first-order valence-electron chi connectivity index (χ1n) is 1.53. The third kappa shape index (κ3) is 3.55. The van der Waals surface area contributed by atoms with Gasteiger partial charge in [-0.3, -0.25) is 11.7 Å². The first-order chi connectivity index (χ1) is 3.31. The summed E-state index contributed by atoms with van der Waals surface area (Å²) < 4.78 is 0. The zero-order valence-electron chi connectivity index (χ0n) is 3.68. The maximum Gasteiger partial charge on any atom is -0.0854 e. The van der Waals surface area contributed by atoms with Gasteiger partial charge in [0.2, 0.25) is 0 Å².